The highest BCUT2D eigenvalue weighted by Crippen LogP contribution is 2.33. The fourth-order valence-corrected chi connectivity index (χ4v) is 3.55. The molecule has 2 aromatic rings. The lowest BCUT2D eigenvalue weighted by Gasteiger charge is -2.24. The Kier molecular flexibility index (Phi) is 3.73. The van der Waals surface area contributed by atoms with Gasteiger partial charge in [-0.05, 0) is 24.7 Å². The van der Waals surface area contributed by atoms with E-state index in [0.717, 1.165) is 29.5 Å². The number of nitrogens with zero attached hydrogens (tertiary/aromatic N) is 2. The molecule has 20 heavy (non-hydrogen) atoms. The van der Waals surface area contributed by atoms with Crippen molar-refractivity contribution in [2.75, 3.05) is 16.8 Å². The summed E-state index contributed by atoms with van der Waals surface area (Å²) in [4.78, 5) is 15.0. The maximum atomic E-state index is 11.2. The molecule has 5 nitrogen and oxygen atoms in total. The number of hydrogen-bond donors (Lipinski definition) is 1. The summed E-state index contributed by atoms with van der Waals surface area (Å²) in [5, 5.41) is 15.4. The summed E-state index contributed by atoms with van der Waals surface area (Å²) in [5.41, 5.74) is 1.44. The first kappa shape index (κ1) is 13.2. The third-order valence-electron chi connectivity index (χ3n) is 3.46. The van der Waals surface area contributed by atoms with Crippen LogP contribution in [0, 0.1) is 10.1 Å². The van der Waals surface area contributed by atoms with Crippen LogP contribution < -0.4 is 5.32 Å². The van der Waals surface area contributed by atoms with Crippen molar-refractivity contribution in [2.24, 2.45) is 0 Å². The fourth-order valence-electron chi connectivity index (χ4n) is 2.48. The highest BCUT2D eigenvalue weighted by molar-refractivity contribution is 7.99. The van der Waals surface area contributed by atoms with E-state index in [1.165, 1.54) is 11.9 Å². The first-order valence-electron chi connectivity index (χ1n) is 6.62. The molecule has 104 valence electrons. The van der Waals surface area contributed by atoms with Gasteiger partial charge in [0.2, 0.25) is 0 Å². The molecular formula is C14H15N3O2S. The maximum Gasteiger partial charge on any atom is 0.311 e. The minimum absolute atomic E-state index is 0.0549. The molecular weight excluding hydrogens is 274 g/mol. The van der Waals surface area contributed by atoms with Crippen molar-refractivity contribution >= 4 is 34.0 Å². The molecule has 0 bridgehead atoms. The van der Waals surface area contributed by atoms with Crippen LogP contribution >= 0.6 is 11.8 Å². The van der Waals surface area contributed by atoms with Crippen molar-refractivity contribution in [3.05, 3.63) is 40.6 Å². The molecule has 6 heteroatoms. The highest BCUT2D eigenvalue weighted by atomic mass is 32.2. The quantitative estimate of drug-likeness (QED) is 0.692. The van der Waals surface area contributed by atoms with Crippen molar-refractivity contribution in [3.63, 3.8) is 0 Å². The lowest BCUT2D eigenvalue weighted by atomic mass is 10.1. The summed E-state index contributed by atoms with van der Waals surface area (Å²) in [7, 11) is 0. The molecule has 1 unspecified atom stereocenters. The van der Waals surface area contributed by atoms with Crippen LogP contribution in [0.3, 0.4) is 0 Å². The second-order valence-electron chi connectivity index (χ2n) is 4.85. The number of aromatic nitrogens is 1. The van der Waals surface area contributed by atoms with Crippen molar-refractivity contribution in [2.45, 2.75) is 18.9 Å². The van der Waals surface area contributed by atoms with Gasteiger partial charge in [-0.2, -0.15) is 11.8 Å². The second-order valence-corrected chi connectivity index (χ2v) is 6.00. The van der Waals surface area contributed by atoms with Gasteiger partial charge in [0.1, 0.15) is 11.9 Å². The molecule has 1 N–H and O–H groups in total. The van der Waals surface area contributed by atoms with Crippen molar-refractivity contribution in [3.8, 4) is 0 Å². The van der Waals surface area contributed by atoms with Crippen LogP contribution in [-0.2, 0) is 0 Å². The van der Waals surface area contributed by atoms with Gasteiger partial charge in [-0.1, -0.05) is 18.2 Å². The SMILES string of the molecule is O=[N+]([O-])c1cnc2ccccc2c1NC1CCCSC1. The van der Waals surface area contributed by atoms with E-state index in [0.29, 0.717) is 11.7 Å². The zero-order valence-corrected chi connectivity index (χ0v) is 11.7. The molecule has 2 heterocycles. The molecule has 0 spiro atoms. The lowest BCUT2D eigenvalue weighted by Crippen LogP contribution is -2.26. The lowest BCUT2D eigenvalue weighted by molar-refractivity contribution is -0.384. The topological polar surface area (TPSA) is 68.1 Å². The van der Waals surface area contributed by atoms with Gasteiger partial charge in [0.25, 0.3) is 0 Å². The minimum Gasteiger partial charge on any atom is -0.375 e. The van der Waals surface area contributed by atoms with E-state index < -0.39 is 0 Å². The van der Waals surface area contributed by atoms with E-state index in [2.05, 4.69) is 10.3 Å². The molecule has 1 fully saturated rings. The summed E-state index contributed by atoms with van der Waals surface area (Å²) in [6, 6.07) is 7.82. The average Bonchev–Trinajstić information content (AvgIpc) is 2.48. The normalized spacial score (nSPS) is 18.9. The number of anilines is 1. The monoisotopic (exact) mass is 289 g/mol. The molecule has 3 rings (SSSR count). The van der Waals surface area contributed by atoms with Gasteiger partial charge >= 0.3 is 5.69 Å². The van der Waals surface area contributed by atoms with Gasteiger partial charge in [-0.25, -0.2) is 4.98 Å². The van der Waals surface area contributed by atoms with Crippen LogP contribution in [0.4, 0.5) is 11.4 Å². The van der Waals surface area contributed by atoms with Crippen molar-refractivity contribution in [1.82, 2.24) is 4.98 Å². The molecule has 1 aromatic heterocycles. The third-order valence-corrected chi connectivity index (χ3v) is 4.68. The number of hydrogen-bond acceptors (Lipinski definition) is 5. The Hall–Kier alpha value is -1.82. The van der Waals surface area contributed by atoms with Gasteiger partial charge in [0.05, 0.1) is 10.4 Å². The highest BCUT2D eigenvalue weighted by Gasteiger charge is 2.22. The standard InChI is InChI=1S/C14H15N3O2S/c18-17(19)13-8-15-12-6-2-1-5-11(12)14(13)16-10-4-3-7-20-9-10/h1-2,5-6,8,10H,3-4,7,9H2,(H,15,16). The predicted molar refractivity (Wildman–Crippen MR) is 82.4 cm³/mol. The number of benzene rings is 1. The first-order valence-corrected chi connectivity index (χ1v) is 7.77. The summed E-state index contributed by atoms with van der Waals surface area (Å²) in [6.07, 6.45) is 3.56. The third kappa shape index (κ3) is 2.56. The molecule has 0 amide bonds. The largest absolute Gasteiger partial charge is 0.375 e. The number of nitrogens with one attached hydrogen (secondary N) is 1. The predicted octanol–water partition coefficient (Wildman–Crippen LogP) is 3.45. The summed E-state index contributed by atoms with van der Waals surface area (Å²) >= 11 is 1.89. The number of rotatable bonds is 3. The Morgan fingerprint density at radius 2 is 2.25 bits per heavy atom. The summed E-state index contributed by atoms with van der Waals surface area (Å²) < 4.78 is 0. The van der Waals surface area contributed by atoms with Gasteiger partial charge < -0.3 is 5.32 Å². The first-order chi connectivity index (χ1) is 9.75. The number of nitro groups is 1. The van der Waals surface area contributed by atoms with Gasteiger partial charge in [0.15, 0.2) is 0 Å². The van der Waals surface area contributed by atoms with Crippen LogP contribution in [-0.4, -0.2) is 27.5 Å². The van der Waals surface area contributed by atoms with E-state index in [-0.39, 0.29) is 10.6 Å². The van der Waals surface area contributed by atoms with Crippen LogP contribution in [0.15, 0.2) is 30.5 Å². The summed E-state index contributed by atoms with van der Waals surface area (Å²) in [6.45, 7) is 0. The second kappa shape index (κ2) is 5.66. The van der Waals surface area contributed by atoms with E-state index in [1.807, 2.05) is 36.0 Å². The number of fused-ring (bicyclic) bond motifs is 1. The zero-order valence-electron chi connectivity index (χ0n) is 10.9. The average molecular weight is 289 g/mol. The van der Waals surface area contributed by atoms with E-state index in [1.54, 1.807) is 0 Å². The Labute approximate surface area is 120 Å². The molecule has 0 radical (unpaired) electrons. The van der Waals surface area contributed by atoms with E-state index in [9.17, 15) is 10.1 Å². The van der Waals surface area contributed by atoms with E-state index >= 15 is 0 Å². The number of pyridine rings is 1. The fraction of sp³-hybridized carbons (Fsp3) is 0.357. The molecule has 0 aliphatic carbocycles. The maximum absolute atomic E-state index is 11.2. The van der Waals surface area contributed by atoms with Crippen molar-refractivity contribution < 1.29 is 4.92 Å². The smallest absolute Gasteiger partial charge is 0.311 e. The Morgan fingerprint density at radius 3 is 3.00 bits per heavy atom. The van der Waals surface area contributed by atoms with Crippen molar-refractivity contribution in [1.29, 1.82) is 0 Å². The van der Waals surface area contributed by atoms with Gasteiger partial charge in [-0.15, -0.1) is 0 Å². The molecule has 1 saturated heterocycles. The van der Waals surface area contributed by atoms with E-state index in [4.69, 9.17) is 0 Å². The van der Waals surface area contributed by atoms with Crippen LogP contribution in [0.25, 0.3) is 10.9 Å². The van der Waals surface area contributed by atoms with Gasteiger partial charge in [0, 0.05) is 17.2 Å². The molecule has 0 saturated carbocycles. The Balaban J connectivity index is 2.04. The Bertz CT molecular complexity index is 641. The van der Waals surface area contributed by atoms with Crippen LogP contribution in [0.1, 0.15) is 12.8 Å². The molecule has 1 aliphatic rings. The number of para-hydroxylation sites is 1. The molecule has 1 aliphatic heterocycles. The summed E-state index contributed by atoms with van der Waals surface area (Å²) in [5.74, 6) is 2.17. The molecule has 1 atom stereocenters. The minimum atomic E-state index is -0.363. The van der Waals surface area contributed by atoms with Crippen LogP contribution in [0.5, 0.6) is 0 Å². The zero-order chi connectivity index (χ0) is 13.9. The van der Waals surface area contributed by atoms with Gasteiger partial charge in [-0.3, -0.25) is 10.1 Å². The number of thioether (sulfide) groups is 1. The van der Waals surface area contributed by atoms with Crippen LogP contribution in [0.2, 0.25) is 0 Å². The Morgan fingerprint density at radius 1 is 1.40 bits per heavy atom. The molecule has 1 aromatic carbocycles.